The van der Waals surface area contributed by atoms with Crippen LogP contribution < -0.4 is 4.90 Å². The Kier molecular flexibility index (Phi) is 8.85. The number of rotatable bonds is 8. The number of nitrogens with zero attached hydrogens (tertiary/aromatic N) is 4. The van der Waals surface area contributed by atoms with Gasteiger partial charge in [-0.3, -0.25) is 4.55 Å². The van der Waals surface area contributed by atoms with Gasteiger partial charge >= 0.3 is 10.4 Å². The Hall–Kier alpha value is -2.40. The molecule has 0 aliphatic carbocycles. The van der Waals surface area contributed by atoms with Crippen LogP contribution in [0.1, 0.15) is 26.3 Å². The van der Waals surface area contributed by atoms with Crippen LogP contribution in [0, 0.1) is 6.92 Å². The molecule has 162 valence electrons. The molecule has 0 unspecified atom stereocenters. The van der Waals surface area contributed by atoms with E-state index in [0.717, 1.165) is 15.9 Å². The van der Waals surface area contributed by atoms with Crippen molar-refractivity contribution in [2.24, 2.45) is 10.2 Å². The van der Waals surface area contributed by atoms with Crippen molar-refractivity contribution >= 4 is 48.5 Å². The Morgan fingerprint density at radius 3 is 2.47 bits per heavy atom. The zero-order valence-electron chi connectivity index (χ0n) is 17.4. The van der Waals surface area contributed by atoms with Crippen LogP contribution in [-0.2, 0) is 14.6 Å². The van der Waals surface area contributed by atoms with Gasteiger partial charge in [0.25, 0.3) is 0 Å². The van der Waals surface area contributed by atoms with Gasteiger partial charge in [0.1, 0.15) is 0 Å². The zero-order valence-corrected chi connectivity index (χ0v) is 19.1. The molecular formula is C20H26N4O4S2. The SMILES string of the molecule is CC.CCN(CCOS(=O)(=O)O)c1ccc(N=Nc2nc3ccc(C)cc3s2)cc1. The maximum Gasteiger partial charge on any atom is 0.397 e. The number of anilines is 1. The van der Waals surface area contributed by atoms with Gasteiger partial charge in [-0.2, -0.15) is 8.42 Å². The fourth-order valence-electron chi connectivity index (χ4n) is 2.62. The van der Waals surface area contributed by atoms with E-state index in [2.05, 4.69) is 25.5 Å². The fraction of sp³-hybridized carbons (Fsp3) is 0.350. The third-order valence-electron chi connectivity index (χ3n) is 3.97. The fourth-order valence-corrected chi connectivity index (χ4v) is 3.79. The smallest absolute Gasteiger partial charge is 0.369 e. The van der Waals surface area contributed by atoms with Crippen molar-refractivity contribution in [1.29, 1.82) is 0 Å². The van der Waals surface area contributed by atoms with Gasteiger partial charge in [-0.15, -0.1) is 10.2 Å². The summed E-state index contributed by atoms with van der Waals surface area (Å²) in [4.78, 5) is 6.37. The van der Waals surface area contributed by atoms with Crippen LogP contribution in [0.25, 0.3) is 10.2 Å². The molecule has 2 aromatic carbocycles. The van der Waals surface area contributed by atoms with Gasteiger partial charge in [0.05, 0.1) is 22.5 Å². The maximum absolute atomic E-state index is 10.6. The molecule has 0 fully saturated rings. The summed E-state index contributed by atoms with van der Waals surface area (Å²) in [6, 6.07) is 13.4. The minimum Gasteiger partial charge on any atom is -0.369 e. The summed E-state index contributed by atoms with van der Waals surface area (Å²) in [5, 5.41) is 9.05. The van der Waals surface area contributed by atoms with Gasteiger partial charge in [0.2, 0.25) is 5.13 Å². The van der Waals surface area contributed by atoms with Gasteiger partial charge in [0, 0.05) is 18.8 Å². The summed E-state index contributed by atoms with van der Waals surface area (Å²) in [6.07, 6.45) is 0. The second kappa shape index (κ2) is 11.1. The Morgan fingerprint density at radius 2 is 1.83 bits per heavy atom. The maximum atomic E-state index is 10.6. The van der Waals surface area contributed by atoms with Gasteiger partial charge < -0.3 is 4.90 Å². The predicted molar refractivity (Wildman–Crippen MR) is 122 cm³/mol. The molecule has 0 amide bonds. The summed E-state index contributed by atoms with van der Waals surface area (Å²) in [5.74, 6) is 0. The van der Waals surface area contributed by atoms with Gasteiger partial charge in [-0.1, -0.05) is 31.3 Å². The number of thiazole rings is 1. The lowest BCUT2D eigenvalue weighted by Gasteiger charge is -2.22. The Morgan fingerprint density at radius 1 is 1.13 bits per heavy atom. The second-order valence-electron chi connectivity index (χ2n) is 6.01. The van der Waals surface area contributed by atoms with Crippen molar-refractivity contribution in [3.63, 3.8) is 0 Å². The number of hydrogen-bond acceptors (Lipinski definition) is 8. The molecule has 0 spiro atoms. The zero-order chi connectivity index (χ0) is 22.1. The first kappa shape index (κ1) is 23.9. The average Bonchev–Trinajstić information content (AvgIpc) is 3.13. The number of hydrogen-bond donors (Lipinski definition) is 1. The van der Waals surface area contributed by atoms with E-state index in [9.17, 15) is 8.42 Å². The molecule has 0 aliphatic heterocycles. The van der Waals surface area contributed by atoms with Crippen LogP contribution in [-0.4, -0.2) is 37.7 Å². The van der Waals surface area contributed by atoms with Crippen molar-refractivity contribution in [3.8, 4) is 0 Å². The number of aromatic nitrogens is 1. The first-order valence-electron chi connectivity index (χ1n) is 9.60. The molecule has 10 heteroatoms. The van der Waals surface area contributed by atoms with E-state index >= 15 is 0 Å². The molecule has 0 atom stereocenters. The van der Waals surface area contributed by atoms with Crippen molar-refractivity contribution < 1.29 is 17.2 Å². The number of azo groups is 1. The van der Waals surface area contributed by atoms with Crippen LogP contribution in [0.2, 0.25) is 0 Å². The van der Waals surface area contributed by atoms with Crippen molar-refractivity contribution in [2.75, 3.05) is 24.6 Å². The topological polar surface area (TPSA) is 104 Å². The largest absolute Gasteiger partial charge is 0.397 e. The summed E-state index contributed by atoms with van der Waals surface area (Å²) in [7, 11) is -4.42. The Bertz CT molecular complexity index is 1080. The van der Waals surface area contributed by atoms with E-state index < -0.39 is 10.4 Å². The first-order chi connectivity index (χ1) is 14.3. The van der Waals surface area contributed by atoms with E-state index in [4.69, 9.17) is 4.55 Å². The third-order valence-corrected chi connectivity index (χ3v) is 5.34. The van der Waals surface area contributed by atoms with E-state index in [-0.39, 0.29) is 6.61 Å². The van der Waals surface area contributed by atoms with Gasteiger partial charge in [-0.25, -0.2) is 9.17 Å². The van der Waals surface area contributed by atoms with E-state index in [0.29, 0.717) is 23.9 Å². The van der Waals surface area contributed by atoms with E-state index in [1.165, 1.54) is 16.9 Å². The molecule has 1 heterocycles. The lowest BCUT2D eigenvalue weighted by molar-refractivity contribution is 0.274. The quantitative estimate of drug-likeness (QED) is 0.349. The highest BCUT2D eigenvalue weighted by Gasteiger charge is 2.08. The highest BCUT2D eigenvalue weighted by molar-refractivity contribution is 7.80. The second-order valence-corrected chi connectivity index (χ2v) is 8.11. The molecule has 0 aliphatic rings. The highest BCUT2D eigenvalue weighted by atomic mass is 32.3. The molecule has 1 N–H and O–H groups in total. The molecule has 3 aromatic rings. The lowest BCUT2D eigenvalue weighted by Crippen LogP contribution is -2.27. The van der Waals surface area contributed by atoms with Crippen LogP contribution in [0.3, 0.4) is 0 Å². The van der Waals surface area contributed by atoms with E-state index in [1.807, 2.05) is 69.0 Å². The number of likely N-dealkylation sites (N-methyl/N-ethyl adjacent to an activating group) is 1. The van der Waals surface area contributed by atoms with Crippen molar-refractivity contribution in [2.45, 2.75) is 27.7 Å². The molecule has 0 saturated carbocycles. The minimum absolute atomic E-state index is 0.134. The first-order valence-corrected chi connectivity index (χ1v) is 11.8. The predicted octanol–water partition coefficient (Wildman–Crippen LogP) is 5.69. The minimum atomic E-state index is -4.42. The average molecular weight is 451 g/mol. The summed E-state index contributed by atoms with van der Waals surface area (Å²) < 4.78 is 35.3. The molecule has 0 bridgehead atoms. The molecular weight excluding hydrogens is 424 g/mol. The summed E-state index contributed by atoms with van der Waals surface area (Å²) >= 11 is 1.49. The third kappa shape index (κ3) is 7.13. The number of benzene rings is 2. The Labute approximate surface area is 181 Å². The van der Waals surface area contributed by atoms with Crippen LogP contribution >= 0.6 is 11.3 Å². The van der Waals surface area contributed by atoms with Crippen molar-refractivity contribution in [3.05, 3.63) is 48.0 Å². The number of aryl methyl sites for hydroxylation is 1. The molecule has 0 radical (unpaired) electrons. The molecule has 3 rings (SSSR count). The normalized spacial score (nSPS) is 11.5. The van der Waals surface area contributed by atoms with Crippen molar-refractivity contribution in [1.82, 2.24) is 4.98 Å². The van der Waals surface area contributed by atoms with Gasteiger partial charge in [-0.05, 0) is 55.8 Å². The number of fused-ring (bicyclic) bond motifs is 1. The monoisotopic (exact) mass is 450 g/mol. The molecule has 1 aromatic heterocycles. The van der Waals surface area contributed by atoms with Gasteiger partial charge in [0.15, 0.2) is 0 Å². The molecule has 30 heavy (non-hydrogen) atoms. The standard InChI is InChI=1S/C18H20N4O4S2.C2H6/c1-3-22(10-11-26-28(23,24)25)15-7-5-14(6-8-15)20-21-18-19-16-9-4-13(2)12-17(16)27-18;1-2/h4-9,12H,3,10-11H2,1-2H3,(H,23,24,25);1-2H3. The van der Waals surface area contributed by atoms with Crippen LogP contribution in [0.4, 0.5) is 16.5 Å². The van der Waals surface area contributed by atoms with Crippen LogP contribution in [0.15, 0.2) is 52.7 Å². The highest BCUT2D eigenvalue weighted by Crippen LogP contribution is 2.30. The Balaban J connectivity index is 0.00000155. The van der Waals surface area contributed by atoms with Crippen LogP contribution in [0.5, 0.6) is 0 Å². The summed E-state index contributed by atoms with van der Waals surface area (Å²) in [5.41, 5.74) is 3.66. The summed E-state index contributed by atoms with van der Waals surface area (Å²) in [6.45, 7) is 8.82. The lowest BCUT2D eigenvalue weighted by atomic mass is 10.2. The molecule has 8 nitrogen and oxygen atoms in total. The van der Waals surface area contributed by atoms with E-state index in [1.54, 1.807) is 0 Å². The molecule has 0 saturated heterocycles.